The van der Waals surface area contributed by atoms with Gasteiger partial charge in [0.05, 0.1) is 42.4 Å². The minimum Gasteiger partial charge on any atom is -0.386 e. The van der Waals surface area contributed by atoms with E-state index >= 15 is 0 Å². The first-order chi connectivity index (χ1) is 22.7. The van der Waals surface area contributed by atoms with Crippen LogP contribution in [0.5, 0.6) is 0 Å². The Balaban J connectivity index is 1.80. The second kappa shape index (κ2) is 18.4. The van der Waals surface area contributed by atoms with Gasteiger partial charge in [-0.3, -0.25) is 19.3 Å². The zero-order valence-electron chi connectivity index (χ0n) is 30.9. The molecule has 48 heavy (non-hydrogen) atoms. The van der Waals surface area contributed by atoms with E-state index in [1.54, 1.807) is 14.2 Å². The molecule has 0 radical (unpaired) electrons. The van der Waals surface area contributed by atoms with Crippen LogP contribution in [0.25, 0.3) is 0 Å². The fourth-order valence-electron chi connectivity index (χ4n) is 7.30. The number of amides is 3. The van der Waals surface area contributed by atoms with Crippen molar-refractivity contribution in [1.82, 2.24) is 26.2 Å². The zero-order chi connectivity index (χ0) is 35.7. The monoisotopic (exact) mass is 673 g/mol. The summed E-state index contributed by atoms with van der Waals surface area (Å²) in [5.41, 5.74) is 0.746. The van der Waals surface area contributed by atoms with Crippen molar-refractivity contribution in [2.45, 2.75) is 129 Å². The number of likely N-dealkylation sites (N-methyl/N-ethyl adjacent to an activating group) is 1. The molecular formula is C37H63N5O6. The number of rotatable bonds is 17. The van der Waals surface area contributed by atoms with Crippen molar-refractivity contribution in [3.8, 4) is 0 Å². The predicted octanol–water partition coefficient (Wildman–Crippen LogP) is 3.02. The van der Waals surface area contributed by atoms with Crippen LogP contribution < -0.4 is 21.3 Å². The molecule has 3 rings (SSSR count). The molecule has 2 aliphatic heterocycles. The maximum Gasteiger partial charge on any atom is 0.243 e. The lowest BCUT2D eigenvalue weighted by atomic mass is 9.87. The van der Waals surface area contributed by atoms with Crippen molar-refractivity contribution in [3.63, 3.8) is 0 Å². The average molecular weight is 674 g/mol. The number of carbonyl (C=O) groups excluding carboxylic acids is 3. The van der Waals surface area contributed by atoms with E-state index < -0.39 is 54.5 Å². The van der Waals surface area contributed by atoms with E-state index in [4.69, 9.17) is 9.47 Å². The van der Waals surface area contributed by atoms with Gasteiger partial charge in [0.1, 0.15) is 12.1 Å². The number of nitrogens with zero attached hydrogens (tertiary/aromatic N) is 1. The number of hydrogen-bond acceptors (Lipinski definition) is 8. The lowest BCUT2D eigenvalue weighted by Crippen LogP contribution is -2.64. The molecule has 0 aliphatic carbocycles. The SMILES string of the molecule is CC[C@H](C)C(NC(=O)[C@@H](NC(=O)[C@H](NC)C(C)C)C(C)C)[C@@H](OC)C1CN2CCCC2C([C@@H](C)C(=O)NC(C)C(O)c2ccccc2)O1. The predicted molar refractivity (Wildman–Crippen MR) is 188 cm³/mol. The van der Waals surface area contributed by atoms with Crippen LogP contribution in [-0.2, 0) is 23.9 Å². The van der Waals surface area contributed by atoms with Crippen LogP contribution >= 0.6 is 0 Å². The molecule has 11 atom stereocenters. The number of morpholine rings is 1. The summed E-state index contributed by atoms with van der Waals surface area (Å²) in [5.74, 6) is -1.16. The number of aliphatic hydroxyl groups is 1. The Morgan fingerprint density at radius 2 is 1.56 bits per heavy atom. The van der Waals surface area contributed by atoms with Crippen molar-refractivity contribution in [3.05, 3.63) is 35.9 Å². The lowest BCUT2D eigenvalue weighted by molar-refractivity contribution is -0.181. The summed E-state index contributed by atoms with van der Waals surface area (Å²) in [5, 5.41) is 23.2. The van der Waals surface area contributed by atoms with Gasteiger partial charge in [-0.1, -0.05) is 85.2 Å². The molecule has 0 saturated carbocycles. The van der Waals surface area contributed by atoms with E-state index in [0.717, 1.165) is 31.4 Å². The molecule has 0 bridgehead atoms. The Morgan fingerprint density at radius 1 is 0.938 bits per heavy atom. The van der Waals surface area contributed by atoms with Crippen LogP contribution in [0.15, 0.2) is 30.3 Å². The molecule has 2 fully saturated rings. The van der Waals surface area contributed by atoms with E-state index in [0.29, 0.717) is 6.54 Å². The number of nitrogens with one attached hydrogen (secondary N) is 4. The number of hydrogen-bond donors (Lipinski definition) is 5. The number of aliphatic hydroxyl groups excluding tert-OH is 1. The van der Waals surface area contributed by atoms with Crippen molar-refractivity contribution >= 4 is 17.7 Å². The van der Waals surface area contributed by atoms with Gasteiger partial charge in [-0.25, -0.2) is 0 Å². The molecule has 1 aromatic rings. The topological polar surface area (TPSA) is 141 Å². The van der Waals surface area contributed by atoms with Crippen molar-refractivity contribution in [2.24, 2.45) is 23.7 Å². The second-order valence-electron chi connectivity index (χ2n) is 14.6. The third-order valence-electron chi connectivity index (χ3n) is 10.5. The Kier molecular flexibility index (Phi) is 15.3. The van der Waals surface area contributed by atoms with Gasteiger partial charge in [-0.2, -0.15) is 0 Å². The fourth-order valence-corrected chi connectivity index (χ4v) is 7.30. The van der Waals surface area contributed by atoms with Gasteiger partial charge >= 0.3 is 0 Å². The summed E-state index contributed by atoms with van der Waals surface area (Å²) in [4.78, 5) is 43.1. The van der Waals surface area contributed by atoms with Gasteiger partial charge in [-0.05, 0) is 56.7 Å². The van der Waals surface area contributed by atoms with Crippen molar-refractivity contribution in [1.29, 1.82) is 0 Å². The minimum absolute atomic E-state index is 0.0440. The van der Waals surface area contributed by atoms with Gasteiger partial charge in [0, 0.05) is 19.7 Å². The number of fused-ring (bicyclic) bond motifs is 1. The first kappa shape index (κ1) is 39.9. The Labute approximate surface area is 288 Å². The molecule has 3 amide bonds. The second-order valence-corrected chi connectivity index (χ2v) is 14.6. The van der Waals surface area contributed by atoms with Gasteiger partial charge in [0.15, 0.2) is 0 Å². The maximum atomic E-state index is 13.9. The number of ether oxygens (including phenoxy) is 2. The normalized spacial score (nSPS) is 24.9. The smallest absolute Gasteiger partial charge is 0.243 e. The van der Waals surface area contributed by atoms with Crippen LogP contribution in [0.3, 0.4) is 0 Å². The molecule has 6 unspecified atom stereocenters. The molecule has 2 saturated heterocycles. The summed E-state index contributed by atoms with van der Waals surface area (Å²) >= 11 is 0. The highest BCUT2D eigenvalue weighted by Gasteiger charge is 2.48. The van der Waals surface area contributed by atoms with Crippen LogP contribution in [-0.4, -0.2) is 103 Å². The Bertz CT molecular complexity index is 1170. The summed E-state index contributed by atoms with van der Waals surface area (Å²) in [6.07, 6.45) is 0.607. The zero-order valence-corrected chi connectivity index (χ0v) is 30.9. The highest BCUT2D eigenvalue weighted by atomic mass is 16.5. The largest absolute Gasteiger partial charge is 0.386 e. The average Bonchev–Trinajstić information content (AvgIpc) is 3.54. The molecule has 11 nitrogen and oxygen atoms in total. The van der Waals surface area contributed by atoms with Gasteiger partial charge in [0.25, 0.3) is 0 Å². The minimum atomic E-state index is -0.836. The highest BCUT2D eigenvalue weighted by molar-refractivity contribution is 5.90. The molecule has 2 heterocycles. The van der Waals surface area contributed by atoms with Crippen molar-refractivity contribution in [2.75, 3.05) is 27.2 Å². The molecule has 11 heteroatoms. The molecule has 0 spiro atoms. The fraction of sp³-hybridized carbons (Fsp3) is 0.757. The van der Waals surface area contributed by atoms with E-state index in [2.05, 4.69) is 40.0 Å². The number of benzene rings is 1. The standard InChI is InChI=1S/C37H63N5O6/c1-11-23(6)31(41-37(46)30(22(4)5)40-36(45)29(38-9)21(2)3)34(47-10)28-20-42-19-15-18-27(42)33(48-28)24(7)35(44)39-25(8)32(43)26-16-13-12-14-17-26/h12-14,16-17,21-25,27-34,38,43H,11,15,18-20H2,1-10H3,(H,39,44)(H,40,45)(H,41,46)/t23-,24+,25?,27?,28?,29+,30-,31?,32?,33?,34-/m0/s1. The summed E-state index contributed by atoms with van der Waals surface area (Å²) in [7, 11) is 3.39. The summed E-state index contributed by atoms with van der Waals surface area (Å²) in [6.45, 7) is 17.2. The maximum absolute atomic E-state index is 13.9. The molecule has 1 aromatic carbocycles. The Hall–Kier alpha value is -2.57. The third kappa shape index (κ3) is 9.78. The van der Waals surface area contributed by atoms with Crippen LogP contribution in [0, 0.1) is 23.7 Å². The first-order valence-electron chi connectivity index (χ1n) is 18.0. The Morgan fingerprint density at radius 3 is 2.12 bits per heavy atom. The summed E-state index contributed by atoms with van der Waals surface area (Å²) < 4.78 is 13.0. The molecule has 2 aliphatic rings. The van der Waals surface area contributed by atoms with Crippen LogP contribution in [0.2, 0.25) is 0 Å². The molecule has 0 aromatic heterocycles. The van der Waals surface area contributed by atoms with E-state index in [9.17, 15) is 19.5 Å². The van der Waals surface area contributed by atoms with Gasteiger partial charge < -0.3 is 35.8 Å². The van der Waals surface area contributed by atoms with Gasteiger partial charge in [-0.15, -0.1) is 0 Å². The lowest BCUT2D eigenvalue weighted by Gasteiger charge is -2.47. The van der Waals surface area contributed by atoms with E-state index in [1.165, 1.54) is 0 Å². The van der Waals surface area contributed by atoms with E-state index in [-0.39, 0.29) is 41.5 Å². The van der Waals surface area contributed by atoms with Crippen molar-refractivity contribution < 1.29 is 29.0 Å². The molecular weight excluding hydrogens is 610 g/mol. The first-order valence-corrected chi connectivity index (χ1v) is 18.0. The van der Waals surface area contributed by atoms with E-state index in [1.807, 2.05) is 71.9 Å². The highest BCUT2D eigenvalue weighted by Crippen LogP contribution is 2.34. The molecule has 5 N–H and O–H groups in total. The quantitative estimate of drug-likeness (QED) is 0.170. The van der Waals surface area contributed by atoms with Crippen LogP contribution in [0.4, 0.5) is 0 Å². The number of methoxy groups -OCH3 is 1. The molecule has 272 valence electrons. The third-order valence-corrected chi connectivity index (χ3v) is 10.5. The summed E-state index contributed by atoms with van der Waals surface area (Å²) in [6, 6.07) is 7.39. The number of carbonyl (C=O) groups is 3. The van der Waals surface area contributed by atoms with Crippen LogP contribution in [0.1, 0.15) is 86.3 Å². The van der Waals surface area contributed by atoms with Gasteiger partial charge in [0.2, 0.25) is 17.7 Å².